The number of fused-ring (bicyclic) bond motifs is 1. The number of nitriles is 1. The first-order valence-corrected chi connectivity index (χ1v) is 13.3. The Morgan fingerprint density at radius 1 is 1.09 bits per heavy atom. The van der Waals surface area contributed by atoms with Crippen LogP contribution in [0.2, 0.25) is 5.02 Å². The minimum Gasteiger partial charge on any atom is -0.487 e. The van der Waals surface area contributed by atoms with Crippen LogP contribution in [0.25, 0.3) is 17.0 Å². The Kier molecular flexibility index (Phi) is 8.70. The molecule has 4 aromatic rings. The van der Waals surface area contributed by atoms with Crippen molar-refractivity contribution in [3.63, 3.8) is 0 Å². The van der Waals surface area contributed by atoms with Crippen molar-refractivity contribution in [1.29, 1.82) is 5.26 Å². The number of amides is 1. The van der Waals surface area contributed by atoms with Gasteiger partial charge in [-0.25, -0.2) is 0 Å². The maximum atomic E-state index is 12.6. The molecule has 0 fully saturated rings. The van der Waals surface area contributed by atoms with Crippen LogP contribution in [0.5, 0.6) is 5.75 Å². The van der Waals surface area contributed by atoms with E-state index in [0.717, 1.165) is 40.5 Å². The number of nitrogens with zero attached hydrogens (tertiary/aromatic N) is 1. The predicted octanol–water partition coefficient (Wildman–Crippen LogP) is 6.88. The predicted molar refractivity (Wildman–Crippen MR) is 156 cm³/mol. The molecule has 35 heavy (non-hydrogen) atoms. The van der Waals surface area contributed by atoms with Crippen molar-refractivity contribution in [2.24, 2.45) is 0 Å². The third-order valence-corrected chi connectivity index (χ3v) is 7.35. The summed E-state index contributed by atoms with van der Waals surface area (Å²) >= 11 is 10.6. The van der Waals surface area contributed by atoms with Gasteiger partial charge in [-0.1, -0.05) is 48.0 Å². The fraction of sp³-hybridized carbons (Fsp3) is 0.111. The van der Waals surface area contributed by atoms with E-state index in [2.05, 4.69) is 61.5 Å². The van der Waals surface area contributed by atoms with Gasteiger partial charge < -0.3 is 15.0 Å². The van der Waals surface area contributed by atoms with E-state index < -0.39 is 5.91 Å². The lowest BCUT2D eigenvalue weighted by Crippen LogP contribution is -2.26. The molecule has 0 aliphatic carbocycles. The molecule has 8 heteroatoms. The van der Waals surface area contributed by atoms with Gasteiger partial charge in [0.25, 0.3) is 5.91 Å². The largest absolute Gasteiger partial charge is 0.487 e. The normalized spacial score (nSPS) is 11.3. The lowest BCUT2D eigenvalue weighted by Gasteiger charge is -2.12. The van der Waals surface area contributed by atoms with E-state index in [1.54, 1.807) is 6.08 Å². The van der Waals surface area contributed by atoms with E-state index >= 15 is 0 Å². The molecular formula is C27H20ClI2N3O2. The Labute approximate surface area is 235 Å². The molecule has 3 aromatic carbocycles. The second-order valence-corrected chi connectivity index (χ2v) is 10.5. The first kappa shape index (κ1) is 25.5. The number of aromatic amines is 1. The monoisotopic (exact) mass is 707 g/mol. The molecule has 0 atom stereocenters. The fourth-order valence-corrected chi connectivity index (χ4v) is 5.94. The number of para-hydroxylation sites is 1. The Hall–Kier alpha value is -2.55. The molecule has 176 valence electrons. The third kappa shape index (κ3) is 6.37. The van der Waals surface area contributed by atoms with Crippen LogP contribution in [0.1, 0.15) is 16.7 Å². The number of carbonyl (C=O) groups excluding carboxylic acids is 1. The number of aromatic nitrogens is 1. The minimum absolute atomic E-state index is 0.0558. The van der Waals surface area contributed by atoms with Crippen molar-refractivity contribution in [2.45, 2.75) is 13.0 Å². The molecule has 0 bridgehead atoms. The number of carbonyl (C=O) groups is 1. The maximum absolute atomic E-state index is 12.6. The Bertz CT molecular complexity index is 1430. The van der Waals surface area contributed by atoms with Gasteiger partial charge in [-0.15, -0.1) is 0 Å². The highest BCUT2D eigenvalue weighted by Crippen LogP contribution is 2.31. The molecule has 4 rings (SSSR count). The second kappa shape index (κ2) is 11.9. The first-order chi connectivity index (χ1) is 17.0. The molecule has 0 saturated heterocycles. The van der Waals surface area contributed by atoms with Gasteiger partial charge in [0, 0.05) is 34.2 Å². The van der Waals surface area contributed by atoms with E-state index in [0.29, 0.717) is 24.6 Å². The first-order valence-electron chi connectivity index (χ1n) is 10.8. The highest BCUT2D eigenvalue weighted by molar-refractivity contribution is 14.1. The summed E-state index contributed by atoms with van der Waals surface area (Å²) in [5.41, 5.74) is 3.91. The van der Waals surface area contributed by atoms with Crippen molar-refractivity contribution in [3.8, 4) is 11.8 Å². The summed E-state index contributed by atoms with van der Waals surface area (Å²) in [5, 5.41) is 14.2. The lowest BCUT2D eigenvalue weighted by molar-refractivity contribution is -0.117. The third-order valence-electron chi connectivity index (χ3n) is 5.38. The number of halogens is 3. The summed E-state index contributed by atoms with van der Waals surface area (Å²) in [4.78, 5) is 15.9. The van der Waals surface area contributed by atoms with Crippen LogP contribution in [0.4, 0.5) is 0 Å². The molecule has 0 aliphatic rings. The van der Waals surface area contributed by atoms with Crippen molar-refractivity contribution in [3.05, 3.63) is 101 Å². The average molecular weight is 708 g/mol. The van der Waals surface area contributed by atoms with Crippen molar-refractivity contribution < 1.29 is 9.53 Å². The topological polar surface area (TPSA) is 77.9 Å². The number of hydrogen-bond acceptors (Lipinski definition) is 3. The van der Waals surface area contributed by atoms with Crippen LogP contribution in [0, 0.1) is 18.5 Å². The van der Waals surface area contributed by atoms with Crippen LogP contribution < -0.4 is 10.1 Å². The molecule has 0 saturated carbocycles. The number of rotatable bonds is 8. The summed E-state index contributed by atoms with van der Waals surface area (Å²) in [5.74, 6) is 0.348. The van der Waals surface area contributed by atoms with E-state index in [9.17, 15) is 10.1 Å². The molecule has 0 spiro atoms. The maximum Gasteiger partial charge on any atom is 0.261 e. The number of benzene rings is 3. The zero-order chi connectivity index (χ0) is 24.8. The van der Waals surface area contributed by atoms with E-state index in [4.69, 9.17) is 16.3 Å². The van der Waals surface area contributed by atoms with Gasteiger partial charge in [0.1, 0.15) is 24.0 Å². The smallest absolute Gasteiger partial charge is 0.261 e. The van der Waals surface area contributed by atoms with Crippen LogP contribution in [-0.2, 0) is 17.8 Å². The Morgan fingerprint density at radius 2 is 1.80 bits per heavy atom. The summed E-state index contributed by atoms with van der Waals surface area (Å²) in [6.45, 7) is 0.784. The standard InChI is InChI=1S/C27H20ClI2N3O2/c28-22-7-3-1-5-19(22)16-35-26-23(29)12-17(13-24(26)30)11-20(14-31)27(34)32-10-9-18-15-33-25-8-4-2-6-21(18)25/h1-8,11-13,15,33H,9-10,16H2,(H,32,34)/b20-11-. The summed E-state index contributed by atoms with van der Waals surface area (Å²) in [6, 6.07) is 21.4. The van der Waals surface area contributed by atoms with Gasteiger partial charge in [-0.2, -0.15) is 5.26 Å². The molecule has 1 amide bonds. The number of H-pyrrole nitrogens is 1. The molecule has 0 radical (unpaired) electrons. The number of hydrogen-bond donors (Lipinski definition) is 2. The molecule has 0 unspecified atom stereocenters. The summed E-state index contributed by atoms with van der Waals surface area (Å²) < 4.78 is 7.78. The zero-order valence-corrected chi connectivity index (χ0v) is 23.5. The van der Waals surface area contributed by atoms with Crippen molar-refractivity contribution >= 4 is 79.7 Å². The molecule has 2 N–H and O–H groups in total. The van der Waals surface area contributed by atoms with Crippen LogP contribution in [0.15, 0.2) is 72.4 Å². The summed E-state index contributed by atoms with van der Waals surface area (Å²) in [6.07, 6.45) is 4.22. The fourth-order valence-electron chi connectivity index (χ4n) is 3.63. The van der Waals surface area contributed by atoms with Crippen molar-refractivity contribution in [2.75, 3.05) is 6.54 Å². The van der Waals surface area contributed by atoms with Gasteiger partial charge in [-0.3, -0.25) is 4.79 Å². The second-order valence-electron chi connectivity index (χ2n) is 7.73. The Balaban J connectivity index is 1.41. The van der Waals surface area contributed by atoms with Gasteiger partial charge in [-0.05, 0) is 93.1 Å². The molecule has 1 heterocycles. The quantitative estimate of drug-likeness (QED) is 0.119. The van der Waals surface area contributed by atoms with Gasteiger partial charge in [0.15, 0.2) is 0 Å². The van der Waals surface area contributed by atoms with E-state index in [1.807, 2.05) is 66.9 Å². The van der Waals surface area contributed by atoms with Gasteiger partial charge in [0.2, 0.25) is 0 Å². The lowest BCUT2D eigenvalue weighted by atomic mass is 10.1. The molecule has 0 aliphatic heterocycles. The van der Waals surface area contributed by atoms with Crippen LogP contribution >= 0.6 is 56.8 Å². The van der Waals surface area contributed by atoms with Gasteiger partial charge >= 0.3 is 0 Å². The van der Waals surface area contributed by atoms with Crippen LogP contribution in [-0.4, -0.2) is 17.4 Å². The molecule has 5 nitrogen and oxygen atoms in total. The van der Waals surface area contributed by atoms with Crippen molar-refractivity contribution in [1.82, 2.24) is 10.3 Å². The van der Waals surface area contributed by atoms with Crippen LogP contribution in [0.3, 0.4) is 0 Å². The molecule has 1 aromatic heterocycles. The average Bonchev–Trinajstić information content (AvgIpc) is 3.26. The van der Waals surface area contributed by atoms with Gasteiger partial charge in [0.05, 0.1) is 7.14 Å². The number of ether oxygens (including phenoxy) is 1. The zero-order valence-electron chi connectivity index (χ0n) is 18.4. The van der Waals surface area contributed by atoms with E-state index in [-0.39, 0.29) is 5.57 Å². The highest BCUT2D eigenvalue weighted by Gasteiger charge is 2.13. The number of nitrogens with one attached hydrogen (secondary N) is 2. The van der Waals surface area contributed by atoms with E-state index in [1.165, 1.54) is 0 Å². The highest BCUT2D eigenvalue weighted by atomic mass is 127. The SMILES string of the molecule is N#C/C(=C/c1cc(I)c(OCc2ccccc2Cl)c(I)c1)C(=O)NCCc1c[nH]c2ccccc12. The molecular weight excluding hydrogens is 688 g/mol. The minimum atomic E-state index is -0.392. The summed E-state index contributed by atoms with van der Waals surface area (Å²) in [7, 11) is 0. The Morgan fingerprint density at radius 3 is 2.54 bits per heavy atom.